The number of hydrogen-bond acceptors (Lipinski definition) is 17. The Labute approximate surface area is 861 Å². The summed E-state index contributed by atoms with van der Waals surface area (Å²) in [6.45, 7) is 39.8. The molecule has 4 aromatic carbocycles. The number of imidazole rings is 5. The smallest absolute Gasteiger partial charge is 0.265 e. The molecule has 15 aromatic rings. The first-order valence-electron chi connectivity index (χ1n) is 52.0. The van der Waals surface area contributed by atoms with Crippen LogP contribution in [0.15, 0.2) is 199 Å². The van der Waals surface area contributed by atoms with Crippen LogP contribution < -0.4 is 0 Å². The summed E-state index contributed by atoms with van der Waals surface area (Å²) in [4.78, 5) is 125. The fraction of sp³-hybridized carbons (Fsp3) is 0.452. The quantitative estimate of drug-likeness (QED) is 0.0326. The Morgan fingerprint density at radius 3 is 1.24 bits per heavy atom. The second-order valence-electron chi connectivity index (χ2n) is 40.1. The van der Waals surface area contributed by atoms with Gasteiger partial charge in [0.25, 0.3) is 29.5 Å². The minimum Gasteiger partial charge on any atom is -0.331 e. The van der Waals surface area contributed by atoms with Crippen LogP contribution in [0.2, 0.25) is 5.02 Å². The summed E-state index contributed by atoms with van der Waals surface area (Å²) in [7, 11) is 0. The van der Waals surface area contributed by atoms with E-state index < -0.39 is 0 Å². The highest BCUT2D eigenvalue weighted by atomic mass is 35.5. The van der Waals surface area contributed by atoms with Gasteiger partial charge in [0.2, 0.25) is 0 Å². The summed E-state index contributed by atoms with van der Waals surface area (Å²) < 4.78 is 25.1. The van der Waals surface area contributed by atoms with Gasteiger partial charge in [-0.05, 0) is 265 Å². The number of rotatable bonds is 38. The van der Waals surface area contributed by atoms with E-state index >= 15 is 0 Å². The van der Waals surface area contributed by atoms with Gasteiger partial charge >= 0.3 is 0 Å². The predicted molar refractivity (Wildman–Crippen MR) is 579 cm³/mol. The van der Waals surface area contributed by atoms with Crippen molar-refractivity contribution in [3.05, 3.63) is 278 Å². The molecule has 3 saturated carbocycles. The average Bonchev–Trinajstić information content (AvgIpc) is 1.64. The number of aromatic nitrogens is 15. The first-order chi connectivity index (χ1) is 69.7. The Kier molecular flexibility index (Phi) is 38.7. The van der Waals surface area contributed by atoms with Gasteiger partial charge < -0.3 is 47.3 Å². The molecule has 11 aromatic heterocycles. The van der Waals surface area contributed by atoms with Gasteiger partial charge in [-0.2, -0.15) is 0 Å². The lowest BCUT2D eigenvalue weighted by Crippen LogP contribution is -2.35. The zero-order valence-corrected chi connectivity index (χ0v) is 89.2. The van der Waals surface area contributed by atoms with Crippen LogP contribution in [0, 0.1) is 56.2 Å². The van der Waals surface area contributed by atoms with E-state index in [9.17, 15) is 28.4 Å². The second-order valence-corrected chi connectivity index (χ2v) is 42.8. The lowest BCUT2D eigenvalue weighted by molar-refractivity contribution is 0.0709. The number of benzene rings is 4. The summed E-state index contributed by atoms with van der Waals surface area (Å²) in [5, 5.41) is 2.39. The number of nitrogens with zero attached hydrogens (tertiary/aromatic N) is 20. The average molecular weight is 2010 g/mol. The molecule has 0 bridgehead atoms. The van der Waals surface area contributed by atoms with Crippen molar-refractivity contribution < 1.29 is 28.4 Å². The number of hydrogen-bond donors (Lipinski definition) is 0. The molecular weight excluding hydrogens is 1860 g/mol. The third-order valence-electron chi connectivity index (χ3n) is 26.5. The molecule has 25 nitrogen and oxygen atoms in total. The van der Waals surface area contributed by atoms with Crippen LogP contribution in [0.1, 0.15) is 295 Å². The maximum atomic E-state index is 14.1. The van der Waals surface area contributed by atoms with Gasteiger partial charge in [-0.3, -0.25) is 24.0 Å². The standard InChI is InChI=1S/2C24H30N4O.C23H29FN4O.C23H30N4OS.C21H25ClN4OS/c1-17(2)15-27(24(29)19-9-6-8-18(3)14-19)16-22-26-21-12-7-13-25-23(21)28(22)20-10-4-5-11-20;1-3-4-15-27(24(29)19-10-7-9-18(2)16-19)17-22-26-21-13-8-14-25-23(21)28(22)20-11-5-6-12-20;1-5-13-28-21(26-20-10-7-12-25-22(20)28)15-27(14-11-16(2)3)23(29)18-8-6-9-19(24)17(18)4;1-5-14-27-21(25-20-8-7-13-24-22(20)27)16-26(15-17(3)4)23(28)18-9-11-19(12-10-18)29-6-2;1-14(2)7-10-25(21(27)19-16(22)8-11-28-19)13-18-24-17-4-3-9-23-20(17)26(18)12-15-5-6-15/h6-9,12-14,17,20H,4-5,10-11,15-16H2,1-3H3;7-10,13-14,16,20H,3-6,11-12,15,17H2,1-2H3;6-10,12,16H,5,11,13-15H2,1-4H3;7-13,17H,5-6,14-16H2,1-4H3;3-4,8-9,11,14-15H,5-7,10,12-13H2,1-2H3. The molecule has 3 aliphatic rings. The number of fused-ring (bicyclic) bond motifs is 5. The number of pyridine rings is 5. The Balaban J connectivity index is 0.000000143. The number of carbonyl (C=O) groups is 5. The van der Waals surface area contributed by atoms with Crippen molar-refractivity contribution in [1.82, 2.24) is 97.2 Å². The van der Waals surface area contributed by atoms with E-state index in [1.165, 1.54) is 60.8 Å². The number of carbonyl (C=O) groups excluding carboxylic acids is 5. The summed E-state index contributed by atoms with van der Waals surface area (Å²) in [5.74, 6) is 7.64. The molecular formula is C115H144ClFN20O5S2. The van der Waals surface area contributed by atoms with Gasteiger partial charge in [0.15, 0.2) is 28.2 Å². The van der Waals surface area contributed by atoms with Gasteiger partial charge in [0, 0.05) is 123 Å². The van der Waals surface area contributed by atoms with Crippen molar-refractivity contribution in [1.29, 1.82) is 0 Å². The lowest BCUT2D eigenvalue weighted by Gasteiger charge is -2.26. The number of halogens is 2. The molecule has 0 saturated heterocycles. The summed E-state index contributed by atoms with van der Waals surface area (Å²) >= 11 is 9.43. The van der Waals surface area contributed by atoms with Crippen LogP contribution in [0.25, 0.3) is 55.8 Å². The molecule has 11 heterocycles. The third-order valence-corrected chi connectivity index (χ3v) is 28.7. The molecule has 760 valence electrons. The molecule has 0 N–H and O–H groups in total. The Morgan fingerprint density at radius 2 is 0.812 bits per heavy atom. The van der Waals surface area contributed by atoms with Gasteiger partial charge in [-0.1, -0.05) is 168 Å². The van der Waals surface area contributed by atoms with Crippen LogP contribution in [-0.2, 0) is 52.4 Å². The zero-order valence-electron chi connectivity index (χ0n) is 86.8. The first-order valence-corrected chi connectivity index (χ1v) is 54.3. The highest BCUT2D eigenvalue weighted by Crippen LogP contribution is 2.38. The van der Waals surface area contributed by atoms with Gasteiger partial charge in [0.1, 0.15) is 67.4 Å². The largest absolute Gasteiger partial charge is 0.331 e. The number of thioether (sulfide) groups is 1. The number of thiophene rings is 1. The normalized spacial score (nSPS) is 13.2. The van der Waals surface area contributed by atoms with Crippen LogP contribution >= 0.6 is 34.7 Å². The van der Waals surface area contributed by atoms with Crippen molar-refractivity contribution in [2.45, 2.75) is 276 Å². The van der Waals surface area contributed by atoms with Crippen LogP contribution in [-0.4, -0.2) is 165 Å². The minimum atomic E-state index is -0.359. The molecule has 0 aliphatic heterocycles. The number of unbranched alkanes of at least 4 members (excludes halogenated alkanes) is 1. The fourth-order valence-electron chi connectivity index (χ4n) is 19.0. The van der Waals surface area contributed by atoms with Crippen LogP contribution in [0.5, 0.6) is 0 Å². The second kappa shape index (κ2) is 51.9. The molecule has 0 atom stereocenters. The predicted octanol–water partition coefficient (Wildman–Crippen LogP) is 25.9. The molecule has 0 unspecified atom stereocenters. The van der Waals surface area contributed by atoms with E-state index in [-0.39, 0.29) is 35.4 Å². The monoisotopic (exact) mass is 2000 g/mol. The van der Waals surface area contributed by atoms with Crippen molar-refractivity contribution in [3.8, 4) is 0 Å². The topological polar surface area (TPSA) is 255 Å². The number of aryl methyl sites for hydroxylation is 4. The lowest BCUT2D eigenvalue weighted by atomic mass is 10.1. The van der Waals surface area contributed by atoms with Crippen LogP contribution in [0.4, 0.5) is 4.39 Å². The van der Waals surface area contributed by atoms with Gasteiger partial charge in [-0.25, -0.2) is 54.2 Å². The zero-order chi connectivity index (χ0) is 102. The minimum absolute atomic E-state index is 0.0152. The maximum Gasteiger partial charge on any atom is 0.265 e. The van der Waals surface area contributed by atoms with E-state index in [2.05, 4.69) is 131 Å². The molecule has 144 heavy (non-hydrogen) atoms. The molecule has 5 amide bonds. The first kappa shape index (κ1) is 107. The van der Waals surface area contributed by atoms with E-state index in [0.717, 1.165) is 209 Å². The highest BCUT2D eigenvalue weighted by Gasteiger charge is 2.33. The van der Waals surface area contributed by atoms with Gasteiger partial charge in [0.05, 0.1) is 37.7 Å². The molecule has 0 radical (unpaired) electrons. The molecule has 3 fully saturated rings. The van der Waals surface area contributed by atoms with E-state index in [1.54, 1.807) is 54.2 Å². The van der Waals surface area contributed by atoms with Gasteiger partial charge in [-0.15, -0.1) is 23.1 Å². The Morgan fingerprint density at radius 1 is 0.417 bits per heavy atom. The van der Waals surface area contributed by atoms with Crippen molar-refractivity contribution >= 4 is 120 Å². The molecule has 18 rings (SSSR count). The SMILES string of the molecule is CC(C)CCN(Cc1nc2cccnc2n1CC1CC1)C(=O)c1sccc1Cl.CCCCN(Cc1nc2cccnc2n1C1CCCC1)C(=O)c1cccc(C)c1.CCCn1c(CN(CC(C)C)C(=O)c2ccc(SCC)cc2)nc2cccnc21.CCCn1c(CN(CCC(C)C)C(=O)c2cccc(F)c2C)nc2cccnc21.Cc1cccc(C(=O)N(Cc2nc3cccnc3n2C2CCCC2)CC(C)C)c1. The Hall–Kier alpha value is -12.4. The molecule has 29 heteroatoms. The Bertz CT molecular complexity index is 6780. The van der Waals surface area contributed by atoms with Crippen molar-refractivity contribution in [2.75, 3.05) is 38.5 Å². The van der Waals surface area contributed by atoms with Crippen molar-refractivity contribution in [3.63, 3.8) is 0 Å². The van der Waals surface area contributed by atoms with E-state index in [0.29, 0.717) is 122 Å². The van der Waals surface area contributed by atoms with Crippen molar-refractivity contribution in [2.24, 2.45) is 29.6 Å². The van der Waals surface area contributed by atoms with E-state index in [1.807, 2.05) is 191 Å². The summed E-state index contributed by atoms with van der Waals surface area (Å²) in [5.41, 5.74) is 14.2. The third kappa shape index (κ3) is 28.0. The summed E-state index contributed by atoms with van der Waals surface area (Å²) in [6.07, 6.45) is 27.0. The van der Waals surface area contributed by atoms with E-state index in [4.69, 9.17) is 36.5 Å². The maximum absolute atomic E-state index is 14.1. The highest BCUT2D eigenvalue weighted by molar-refractivity contribution is 7.99. The fourth-order valence-corrected chi connectivity index (χ4v) is 20.8. The van der Waals surface area contributed by atoms with Crippen LogP contribution in [0.3, 0.4) is 0 Å². The molecule has 0 spiro atoms. The number of amides is 5. The summed E-state index contributed by atoms with van der Waals surface area (Å²) in [6, 6.07) is 50.5. The molecule has 3 aliphatic carbocycles.